The molecule has 0 radical (unpaired) electrons. The third-order valence-electron chi connectivity index (χ3n) is 5.16. The number of unbranched alkanes of at least 4 members (excludes halogenated alkanes) is 3. The van der Waals surface area contributed by atoms with Gasteiger partial charge in [0.2, 0.25) is 0 Å². The fraction of sp³-hybridized carbons (Fsp3) is 0.391. The topological polar surface area (TPSA) is 18.1 Å². The molecule has 0 N–H and O–H groups in total. The molecule has 3 rings (SSSR count). The van der Waals surface area contributed by atoms with Gasteiger partial charge in [-0.3, -0.25) is 0 Å². The van der Waals surface area contributed by atoms with Crippen molar-refractivity contribution in [1.82, 2.24) is 4.57 Å². The van der Waals surface area contributed by atoms with Crippen LogP contribution in [0.2, 0.25) is 0 Å². The van der Waals surface area contributed by atoms with Gasteiger partial charge in [0.15, 0.2) is 0 Å². The van der Waals surface area contributed by atoms with Gasteiger partial charge in [0.25, 0.3) is 0 Å². The normalized spacial score (nSPS) is 13.7. The first kappa shape index (κ1) is 17.6. The highest BCUT2D eigenvalue weighted by atomic mass is 16.3. The van der Waals surface area contributed by atoms with Crippen LogP contribution in [-0.4, -0.2) is 4.57 Å². The van der Waals surface area contributed by atoms with Crippen LogP contribution in [0.4, 0.5) is 0 Å². The second kappa shape index (κ2) is 7.77. The van der Waals surface area contributed by atoms with Gasteiger partial charge >= 0.3 is 0 Å². The van der Waals surface area contributed by atoms with E-state index in [1.54, 1.807) is 0 Å². The Morgan fingerprint density at radius 2 is 1.72 bits per heavy atom. The average Bonchev–Trinajstić information content (AvgIpc) is 3.29. The van der Waals surface area contributed by atoms with Gasteiger partial charge in [0, 0.05) is 17.6 Å². The highest BCUT2D eigenvalue weighted by molar-refractivity contribution is 5.40. The summed E-state index contributed by atoms with van der Waals surface area (Å²) in [4.78, 5) is 0. The average molecular weight is 335 g/mol. The molecular formula is C23H29NO. The lowest BCUT2D eigenvalue weighted by molar-refractivity contribution is 0.357. The fourth-order valence-corrected chi connectivity index (χ4v) is 3.66. The van der Waals surface area contributed by atoms with E-state index in [0.717, 1.165) is 17.9 Å². The van der Waals surface area contributed by atoms with Crippen molar-refractivity contribution in [1.29, 1.82) is 0 Å². The van der Waals surface area contributed by atoms with Gasteiger partial charge in [0.1, 0.15) is 11.5 Å². The molecule has 0 aliphatic rings. The Balaban J connectivity index is 1.99. The molecule has 3 aromatic rings. The van der Waals surface area contributed by atoms with E-state index in [1.165, 1.54) is 37.1 Å². The lowest BCUT2D eigenvalue weighted by Crippen LogP contribution is -2.26. The number of aryl methyl sites for hydroxylation is 1. The van der Waals surface area contributed by atoms with Crippen molar-refractivity contribution in [3.63, 3.8) is 0 Å². The zero-order valence-electron chi connectivity index (χ0n) is 15.7. The third-order valence-corrected chi connectivity index (χ3v) is 5.16. The maximum Gasteiger partial charge on any atom is 0.115 e. The molecular weight excluding hydrogens is 306 g/mol. The number of benzene rings is 1. The lowest BCUT2D eigenvalue weighted by Gasteiger charge is -2.29. The summed E-state index contributed by atoms with van der Waals surface area (Å²) < 4.78 is 8.41. The lowest BCUT2D eigenvalue weighted by atomic mass is 9.79. The van der Waals surface area contributed by atoms with Crippen LogP contribution < -0.4 is 0 Å². The van der Waals surface area contributed by atoms with Crippen LogP contribution in [0.25, 0.3) is 5.69 Å². The van der Waals surface area contributed by atoms with Crippen LogP contribution in [0.15, 0.2) is 65.2 Å². The van der Waals surface area contributed by atoms with Crippen molar-refractivity contribution < 1.29 is 4.42 Å². The van der Waals surface area contributed by atoms with Gasteiger partial charge in [-0.25, -0.2) is 0 Å². The molecule has 2 heterocycles. The zero-order chi connectivity index (χ0) is 17.7. The van der Waals surface area contributed by atoms with Gasteiger partial charge in [-0.2, -0.15) is 0 Å². The number of para-hydroxylation sites is 1. The van der Waals surface area contributed by atoms with E-state index in [0.29, 0.717) is 0 Å². The van der Waals surface area contributed by atoms with Crippen LogP contribution in [-0.2, 0) is 5.41 Å². The molecule has 0 amide bonds. The molecule has 2 aromatic heterocycles. The summed E-state index contributed by atoms with van der Waals surface area (Å²) in [5.74, 6) is 2.05. The maximum absolute atomic E-state index is 6.11. The van der Waals surface area contributed by atoms with Gasteiger partial charge in [0.05, 0.1) is 5.41 Å². The molecule has 2 nitrogen and oxygen atoms in total. The smallest absolute Gasteiger partial charge is 0.115 e. The van der Waals surface area contributed by atoms with Crippen LogP contribution in [0.1, 0.15) is 63.2 Å². The number of aromatic nitrogens is 1. The van der Waals surface area contributed by atoms with Crippen molar-refractivity contribution in [2.24, 2.45) is 0 Å². The second-order valence-corrected chi connectivity index (χ2v) is 7.15. The van der Waals surface area contributed by atoms with Gasteiger partial charge in [-0.1, -0.05) is 50.8 Å². The van der Waals surface area contributed by atoms with Crippen LogP contribution in [0.5, 0.6) is 0 Å². The van der Waals surface area contributed by atoms with Gasteiger partial charge < -0.3 is 8.98 Å². The third kappa shape index (κ3) is 3.73. The Kier molecular flexibility index (Phi) is 5.47. The Labute approximate surface area is 151 Å². The van der Waals surface area contributed by atoms with E-state index in [9.17, 15) is 0 Å². The monoisotopic (exact) mass is 335 g/mol. The van der Waals surface area contributed by atoms with E-state index < -0.39 is 0 Å². The molecule has 1 aromatic carbocycles. The molecule has 0 fully saturated rings. The van der Waals surface area contributed by atoms with E-state index in [-0.39, 0.29) is 5.41 Å². The molecule has 0 saturated heterocycles. The minimum Gasteiger partial charge on any atom is -0.465 e. The molecule has 0 aliphatic carbocycles. The first-order valence-electron chi connectivity index (χ1n) is 9.45. The maximum atomic E-state index is 6.11. The van der Waals surface area contributed by atoms with Crippen LogP contribution >= 0.6 is 0 Å². The van der Waals surface area contributed by atoms with Crippen molar-refractivity contribution in [2.45, 2.75) is 58.3 Å². The molecule has 0 saturated carbocycles. The number of hydrogen-bond donors (Lipinski definition) is 0. The number of hydrogen-bond acceptors (Lipinski definition) is 1. The highest BCUT2D eigenvalue weighted by Crippen LogP contribution is 2.39. The van der Waals surface area contributed by atoms with Gasteiger partial charge in [-0.15, -0.1) is 0 Å². The Hall–Kier alpha value is -2.22. The second-order valence-electron chi connectivity index (χ2n) is 7.15. The minimum atomic E-state index is -0.124. The number of nitrogens with zero attached hydrogens (tertiary/aromatic N) is 1. The first-order chi connectivity index (χ1) is 12.1. The highest BCUT2D eigenvalue weighted by Gasteiger charge is 2.34. The van der Waals surface area contributed by atoms with Crippen molar-refractivity contribution in [2.75, 3.05) is 0 Å². The Bertz CT molecular complexity index is 783. The molecule has 0 bridgehead atoms. The molecule has 0 spiro atoms. The van der Waals surface area contributed by atoms with Crippen molar-refractivity contribution in [3.8, 4) is 5.69 Å². The van der Waals surface area contributed by atoms with E-state index in [2.05, 4.69) is 79.2 Å². The molecule has 0 aliphatic heterocycles. The molecule has 1 atom stereocenters. The first-order valence-corrected chi connectivity index (χ1v) is 9.45. The Morgan fingerprint density at radius 1 is 0.920 bits per heavy atom. The summed E-state index contributed by atoms with van der Waals surface area (Å²) in [5, 5.41) is 0. The van der Waals surface area contributed by atoms with Gasteiger partial charge in [-0.05, 0) is 56.7 Å². The number of rotatable bonds is 8. The summed E-state index contributed by atoms with van der Waals surface area (Å²) in [6.45, 7) is 6.61. The fourth-order valence-electron chi connectivity index (χ4n) is 3.66. The summed E-state index contributed by atoms with van der Waals surface area (Å²) in [7, 11) is 0. The van der Waals surface area contributed by atoms with E-state index in [4.69, 9.17) is 4.42 Å². The van der Waals surface area contributed by atoms with Crippen LogP contribution in [0.3, 0.4) is 0 Å². The van der Waals surface area contributed by atoms with Crippen molar-refractivity contribution >= 4 is 0 Å². The predicted molar refractivity (Wildman–Crippen MR) is 104 cm³/mol. The predicted octanol–water partition coefficient (Wildman–Crippen LogP) is 6.66. The molecule has 1 unspecified atom stereocenters. The summed E-state index contributed by atoms with van der Waals surface area (Å²) in [5.41, 5.74) is 2.37. The zero-order valence-corrected chi connectivity index (χ0v) is 15.7. The Morgan fingerprint density at radius 3 is 2.40 bits per heavy atom. The van der Waals surface area contributed by atoms with Crippen LogP contribution in [0, 0.1) is 6.92 Å². The standard InChI is InChI=1S/C23H29NO/c1-4-5-6-10-17-23(3,22-16-15-19(2)25-22)21-14-11-18-24(21)20-12-8-7-9-13-20/h7-9,11-16,18H,4-6,10,17H2,1-3H3. The quantitative estimate of drug-likeness (QED) is 0.421. The SMILES string of the molecule is CCCCCCC(C)(c1ccc(C)o1)c1cccn1-c1ccccc1. The molecule has 2 heteroatoms. The number of furan rings is 1. The van der Waals surface area contributed by atoms with Crippen molar-refractivity contribution in [3.05, 3.63) is 78.0 Å². The van der Waals surface area contributed by atoms with E-state index >= 15 is 0 Å². The molecule has 25 heavy (non-hydrogen) atoms. The minimum absolute atomic E-state index is 0.124. The summed E-state index contributed by atoms with van der Waals surface area (Å²) >= 11 is 0. The summed E-state index contributed by atoms with van der Waals surface area (Å²) in [6, 6.07) is 19.2. The van der Waals surface area contributed by atoms with E-state index in [1.807, 2.05) is 6.92 Å². The molecule has 132 valence electrons. The summed E-state index contributed by atoms with van der Waals surface area (Å²) in [6.07, 6.45) is 8.30. The largest absolute Gasteiger partial charge is 0.465 e.